The van der Waals surface area contributed by atoms with Crippen LogP contribution in [0.4, 0.5) is 11.4 Å². The number of nitro benzene ring substituents is 1. The number of carbonyl (C=O) groups excluding carboxylic acids is 2. The highest BCUT2D eigenvalue weighted by atomic mass is 16.6. The van der Waals surface area contributed by atoms with Gasteiger partial charge in [-0.05, 0) is 75.2 Å². The number of para-hydroxylation sites is 2. The number of nitro groups is 1. The topological polar surface area (TPSA) is 105 Å². The number of benzene rings is 1. The van der Waals surface area contributed by atoms with Crippen molar-refractivity contribution in [3.63, 3.8) is 0 Å². The normalized spacial score (nSPS) is 32.7. The summed E-state index contributed by atoms with van der Waals surface area (Å²) in [5.74, 6) is 2.23. The molecule has 8 nitrogen and oxygen atoms in total. The Kier molecular flexibility index (Phi) is 5.55. The van der Waals surface area contributed by atoms with Crippen molar-refractivity contribution < 1.29 is 14.5 Å². The van der Waals surface area contributed by atoms with Crippen LogP contribution < -0.4 is 10.6 Å². The summed E-state index contributed by atoms with van der Waals surface area (Å²) in [6.07, 6.45) is 8.51. The molecule has 4 bridgehead atoms. The number of likely N-dealkylation sites (tertiary alicyclic amines) is 1. The van der Waals surface area contributed by atoms with Gasteiger partial charge in [0.05, 0.1) is 10.3 Å². The Morgan fingerprint density at radius 1 is 1.06 bits per heavy atom. The molecular weight excluding hydrogens is 408 g/mol. The zero-order valence-corrected chi connectivity index (χ0v) is 18.4. The van der Waals surface area contributed by atoms with Crippen LogP contribution >= 0.6 is 0 Å². The van der Waals surface area contributed by atoms with Crippen molar-refractivity contribution >= 4 is 23.2 Å². The van der Waals surface area contributed by atoms with Gasteiger partial charge in [-0.1, -0.05) is 12.1 Å². The number of nitrogens with zero attached hydrogens (tertiary/aromatic N) is 2. The maximum absolute atomic E-state index is 13.7. The number of carbonyl (C=O) groups is 2. The van der Waals surface area contributed by atoms with E-state index in [2.05, 4.69) is 10.6 Å². The first kappa shape index (κ1) is 21.2. The average molecular weight is 441 g/mol. The summed E-state index contributed by atoms with van der Waals surface area (Å²) in [4.78, 5) is 39.2. The lowest BCUT2D eigenvalue weighted by molar-refractivity contribution is -0.384. The predicted molar refractivity (Wildman–Crippen MR) is 120 cm³/mol. The highest BCUT2D eigenvalue weighted by Gasteiger charge is 2.56. The lowest BCUT2D eigenvalue weighted by Crippen LogP contribution is -2.57. The summed E-state index contributed by atoms with van der Waals surface area (Å²) in [5, 5.41) is 17.1. The van der Waals surface area contributed by atoms with E-state index >= 15 is 0 Å². The van der Waals surface area contributed by atoms with Gasteiger partial charge in [0, 0.05) is 25.7 Å². The lowest BCUT2D eigenvalue weighted by atomic mass is 9.49. The van der Waals surface area contributed by atoms with Gasteiger partial charge in [0.1, 0.15) is 11.7 Å². The first-order valence-electron chi connectivity index (χ1n) is 12.0. The van der Waals surface area contributed by atoms with Gasteiger partial charge in [-0.15, -0.1) is 0 Å². The molecule has 2 N–H and O–H groups in total. The van der Waals surface area contributed by atoms with Crippen molar-refractivity contribution in [3.8, 4) is 0 Å². The van der Waals surface area contributed by atoms with E-state index in [0.717, 1.165) is 25.7 Å². The zero-order chi connectivity index (χ0) is 22.3. The summed E-state index contributed by atoms with van der Waals surface area (Å²) in [5.41, 5.74) is 0.235. The smallest absolute Gasteiger partial charge is 0.292 e. The van der Waals surface area contributed by atoms with E-state index in [-0.39, 0.29) is 29.0 Å². The SMILES string of the molecule is O=C(NCCNc1ccccc1[N+](=O)[O-])[C@H]1CCCN1C(=O)C12CC3CC(CC(C3)C1)C2. The minimum absolute atomic E-state index is 0.0157. The van der Waals surface area contributed by atoms with Crippen LogP contribution in [0.15, 0.2) is 24.3 Å². The van der Waals surface area contributed by atoms with Crippen LogP contribution in [-0.4, -0.2) is 47.3 Å². The molecule has 1 saturated heterocycles. The number of hydrogen-bond donors (Lipinski definition) is 2. The van der Waals surface area contributed by atoms with Crippen LogP contribution in [0.3, 0.4) is 0 Å². The molecule has 5 fully saturated rings. The largest absolute Gasteiger partial charge is 0.378 e. The molecule has 5 aliphatic rings. The molecule has 1 heterocycles. The molecule has 0 spiro atoms. The number of rotatable bonds is 7. The summed E-state index contributed by atoms with van der Waals surface area (Å²) >= 11 is 0. The average Bonchev–Trinajstić information content (AvgIpc) is 3.25. The fourth-order valence-electron chi connectivity index (χ4n) is 7.24. The number of hydrogen-bond acceptors (Lipinski definition) is 5. The Morgan fingerprint density at radius 2 is 1.72 bits per heavy atom. The van der Waals surface area contributed by atoms with Crippen LogP contribution in [0.1, 0.15) is 51.4 Å². The molecule has 0 aromatic heterocycles. The highest BCUT2D eigenvalue weighted by molar-refractivity contribution is 5.91. The van der Waals surface area contributed by atoms with Gasteiger partial charge in [-0.3, -0.25) is 19.7 Å². The van der Waals surface area contributed by atoms with Crippen LogP contribution in [0.5, 0.6) is 0 Å². The molecule has 32 heavy (non-hydrogen) atoms. The monoisotopic (exact) mass is 440 g/mol. The fraction of sp³-hybridized carbons (Fsp3) is 0.667. The van der Waals surface area contributed by atoms with Crippen LogP contribution in [0.2, 0.25) is 0 Å². The third-order valence-electron chi connectivity index (χ3n) is 8.15. The van der Waals surface area contributed by atoms with Crippen LogP contribution in [0, 0.1) is 33.3 Å². The van der Waals surface area contributed by atoms with Gasteiger partial charge < -0.3 is 15.5 Å². The first-order chi connectivity index (χ1) is 15.4. The van der Waals surface area contributed by atoms with E-state index in [1.165, 1.54) is 25.3 Å². The summed E-state index contributed by atoms with van der Waals surface area (Å²) < 4.78 is 0. The Morgan fingerprint density at radius 3 is 2.38 bits per heavy atom. The van der Waals surface area contributed by atoms with Crippen molar-refractivity contribution in [1.82, 2.24) is 10.2 Å². The molecule has 1 aromatic rings. The number of nitrogens with one attached hydrogen (secondary N) is 2. The van der Waals surface area contributed by atoms with E-state index in [4.69, 9.17) is 0 Å². The summed E-state index contributed by atoms with van der Waals surface area (Å²) in [6, 6.07) is 6.08. The molecule has 1 aromatic carbocycles. The zero-order valence-electron chi connectivity index (χ0n) is 18.4. The molecule has 1 atom stereocenters. The van der Waals surface area contributed by atoms with Gasteiger partial charge in [-0.25, -0.2) is 0 Å². The molecule has 6 rings (SSSR count). The molecule has 2 amide bonds. The van der Waals surface area contributed by atoms with Gasteiger partial charge in [0.25, 0.3) is 5.69 Å². The Hall–Kier alpha value is -2.64. The van der Waals surface area contributed by atoms with E-state index in [1.54, 1.807) is 18.2 Å². The van der Waals surface area contributed by atoms with E-state index < -0.39 is 4.92 Å². The second kappa shape index (κ2) is 8.37. The molecular formula is C24H32N4O4. The molecule has 4 aliphatic carbocycles. The van der Waals surface area contributed by atoms with Gasteiger partial charge in [-0.2, -0.15) is 0 Å². The maximum Gasteiger partial charge on any atom is 0.292 e. The first-order valence-corrected chi connectivity index (χ1v) is 12.0. The van der Waals surface area contributed by atoms with Gasteiger partial charge >= 0.3 is 0 Å². The van der Waals surface area contributed by atoms with Crippen LogP contribution in [0.25, 0.3) is 0 Å². The molecule has 172 valence electrons. The summed E-state index contributed by atoms with van der Waals surface area (Å²) in [6.45, 7) is 1.40. The van der Waals surface area contributed by atoms with E-state index in [1.807, 2.05) is 4.90 Å². The Balaban J connectivity index is 1.17. The quantitative estimate of drug-likeness (QED) is 0.384. The fourth-order valence-corrected chi connectivity index (χ4v) is 7.24. The molecule has 1 aliphatic heterocycles. The third-order valence-corrected chi connectivity index (χ3v) is 8.15. The molecule has 8 heteroatoms. The molecule has 0 radical (unpaired) electrons. The Labute approximate surface area is 188 Å². The summed E-state index contributed by atoms with van der Waals surface area (Å²) in [7, 11) is 0. The van der Waals surface area contributed by atoms with Crippen molar-refractivity contribution in [2.45, 2.75) is 57.4 Å². The highest BCUT2D eigenvalue weighted by Crippen LogP contribution is 2.60. The van der Waals surface area contributed by atoms with E-state index in [0.29, 0.717) is 49.5 Å². The second-order valence-corrected chi connectivity index (χ2v) is 10.3. The van der Waals surface area contributed by atoms with Gasteiger partial charge in [0.2, 0.25) is 11.8 Å². The minimum Gasteiger partial charge on any atom is -0.378 e. The predicted octanol–water partition coefficient (Wildman–Crippen LogP) is 3.33. The number of anilines is 1. The van der Waals surface area contributed by atoms with Crippen LogP contribution in [-0.2, 0) is 9.59 Å². The van der Waals surface area contributed by atoms with Crippen molar-refractivity contribution in [1.29, 1.82) is 0 Å². The third kappa shape index (κ3) is 3.84. The van der Waals surface area contributed by atoms with Gasteiger partial charge in [0.15, 0.2) is 0 Å². The van der Waals surface area contributed by atoms with E-state index in [9.17, 15) is 19.7 Å². The Bertz CT molecular complexity index is 882. The maximum atomic E-state index is 13.7. The standard InChI is InChI=1S/C24H32N4O4/c29-22(26-8-7-25-19-4-1-2-5-20(19)28(31)32)21-6-3-9-27(21)23(30)24-13-16-10-17(14-24)12-18(11-16)15-24/h1-2,4-5,16-18,21,25H,3,6-15H2,(H,26,29)/t16?,17?,18?,21-,24?/m1/s1. The van der Waals surface area contributed by atoms with Crippen molar-refractivity contribution in [2.24, 2.45) is 23.2 Å². The molecule has 0 unspecified atom stereocenters. The lowest BCUT2D eigenvalue weighted by Gasteiger charge is -2.56. The van der Waals surface area contributed by atoms with Crippen molar-refractivity contribution in [2.75, 3.05) is 25.0 Å². The number of amides is 2. The van der Waals surface area contributed by atoms with Crippen molar-refractivity contribution in [3.05, 3.63) is 34.4 Å². The molecule has 4 saturated carbocycles. The second-order valence-electron chi connectivity index (χ2n) is 10.3. The minimum atomic E-state index is -0.423.